The molecular weight excluding hydrogens is 403 g/mol. The topological polar surface area (TPSA) is 67.7 Å². The molecule has 0 spiro atoms. The molecule has 1 aliphatic heterocycles. The van der Waals surface area contributed by atoms with Crippen molar-refractivity contribution in [3.05, 3.63) is 51.3 Å². The van der Waals surface area contributed by atoms with Crippen molar-refractivity contribution in [2.45, 2.75) is 13.5 Å². The minimum atomic E-state index is -0.483. The fourth-order valence-electron chi connectivity index (χ4n) is 3.14. The minimum absolute atomic E-state index is 0.180. The molecule has 0 radical (unpaired) electrons. The number of aryl methyl sites for hydroxylation is 1. The highest BCUT2D eigenvalue weighted by Crippen LogP contribution is 2.23. The van der Waals surface area contributed by atoms with Gasteiger partial charge in [0.1, 0.15) is 5.69 Å². The number of esters is 1. The van der Waals surface area contributed by atoms with Gasteiger partial charge in [-0.1, -0.05) is 29.3 Å². The lowest BCUT2D eigenvalue weighted by Crippen LogP contribution is -2.48. The maximum atomic E-state index is 12.7. The van der Waals surface area contributed by atoms with Gasteiger partial charge in [-0.25, -0.2) is 4.79 Å². The Morgan fingerprint density at radius 2 is 1.82 bits per heavy atom. The molecule has 0 atom stereocenters. The predicted octanol–water partition coefficient (Wildman–Crippen LogP) is 2.86. The van der Waals surface area contributed by atoms with Crippen molar-refractivity contribution < 1.29 is 14.3 Å². The number of piperazine rings is 1. The summed E-state index contributed by atoms with van der Waals surface area (Å²) in [6, 6.07) is 7.10. The summed E-state index contributed by atoms with van der Waals surface area (Å²) in [5.74, 6) is -0.664. The third kappa shape index (κ3) is 4.66. The molecule has 1 amide bonds. The average molecular weight is 425 g/mol. The number of hydrogen-bond donors (Lipinski definition) is 0. The normalized spacial score (nSPS) is 14.9. The molecule has 28 heavy (non-hydrogen) atoms. The number of carbonyl (C=O) groups excluding carboxylic acids is 2. The number of rotatable bonds is 5. The second-order valence-corrected chi connectivity index (χ2v) is 7.39. The Morgan fingerprint density at radius 1 is 1.11 bits per heavy atom. The summed E-state index contributed by atoms with van der Waals surface area (Å²) < 4.78 is 6.37. The van der Waals surface area contributed by atoms with Crippen LogP contribution in [0.4, 0.5) is 0 Å². The van der Waals surface area contributed by atoms with Crippen molar-refractivity contribution in [2.24, 2.45) is 7.05 Å². The molecule has 7 nitrogen and oxygen atoms in total. The van der Waals surface area contributed by atoms with Gasteiger partial charge in [0, 0.05) is 45.8 Å². The van der Waals surface area contributed by atoms with Gasteiger partial charge in [-0.3, -0.25) is 14.4 Å². The molecule has 1 aliphatic rings. The highest BCUT2D eigenvalue weighted by molar-refractivity contribution is 6.42. The number of hydrogen-bond acceptors (Lipinski definition) is 5. The summed E-state index contributed by atoms with van der Waals surface area (Å²) in [7, 11) is 1.62. The standard InChI is InChI=1S/C19H22Cl2N4O3/c1-3-28-19(27)17-11-16(22-23(17)2)18(26)25-8-6-24(7-9-25)12-13-4-5-14(20)15(21)10-13/h4-5,10-11H,3,6-9,12H2,1-2H3. The van der Waals surface area contributed by atoms with Gasteiger partial charge in [0.25, 0.3) is 5.91 Å². The van der Waals surface area contributed by atoms with Crippen LogP contribution in [0.2, 0.25) is 10.0 Å². The van der Waals surface area contributed by atoms with Crippen LogP contribution in [-0.2, 0) is 18.3 Å². The number of carbonyl (C=O) groups is 2. The van der Waals surface area contributed by atoms with Gasteiger partial charge in [-0.05, 0) is 24.6 Å². The number of aromatic nitrogens is 2. The molecule has 0 saturated carbocycles. The highest BCUT2D eigenvalue weighted by Gasteiger charge is 2.26. The maximum absolute atomic E-state index is 12.7. The van der Waals surface area contributed by atoms with Gasteiger partial charge in [-0.2, -0.15) is 5.10 Å². The van der Waals surface area contributed by atoms with Crippen molar-refractivity contribution in [3.63, 3.8) is 0 Å². The summed E-state index contributed by atoms with van der Waals surface area (Å²) in [5.41, 5.74) is 1.60. The van der Waals surface area contributed by atoms with Gasteiger partial charge < -0.3 is 9.64 Å². The number of amides is 1. The second-order valence-electron chi connectivity index (χ2n) is 6.58. The van der Waals surface area contributed by atoms with Crippen LogP contribution < -0.4 is 0 Å². The fraction of sp³-hybridized carbons (Fsp3) is 0.421. The molecule has 9 heteroatoms. The first-order chi connectivity index (χ1) is 13.4. The summed E-state index contributed by atoms with van der Waals surface area (Å²) in [5, 5.41) is 5.26. The maximum Gasteiger partial charge on any atom is 0.356 e. The Hall–Kier alpha value is -2.09. The SMILES string of the molecule is CCOC(=O)c1cc(C(=O)N2CCN(Cc3ccc(Cl)c(Cl)c3)CC2)nn1C. The van der Waals surface area contributed by atoms with E-state index in [0.717, 1.165) is 25.2 Å². The first kappa shape index (κ1) is 20.6. The molecule has 1 aromatic heterocycles. The summed E-state index contributed by atoms with van der Waals surface area (Å²) in [4.78, 5) is 28.7. The smallest absolute Gasteiger partial charge is 0.356 e. The van der Waals surface area contributed by atoms with Gasteiger partial charge >= 0.3 is 5.97 Å². The third-order valence-electron chi connectivity index (χ3n) is 4.63. The number of halogens is 2. The zero-order chi connectivity index (χ0) is 20.3. The van der Waals surface area contributed by atoms with Crippen LogP contribution in [0.3, 0.4) is 0 Å². The van der Waals surface area contributed by atoms with Gasteiger partial charge in [0.05, 0.1) is 16.7 Å². The van der Waals surface area contributed by atoms with Crippen molar-refractivity contribution >= 4 is 35.1 Å². The summed E-state index contributed by atoms with van der Waals surface area (Å²) in [6.07, 6.45) is 0. The molecule has 0 bridgehead atoms. The Balaban J connectivity index is 1.58. The molecule has 1 fully saturated rings. The van der Waals surface area contributed by atoms with Crippen LogP contribution in [0.1, 0.15) is 33.5 Å². The molecule has 3 rings (SSSR count). The number of benzene rings is 1. The van der Waals surface area contributed by atoms with Crippen molar-refractivity contribution in [3.8, 4) is 0 Å². The first-order valence-corrected chi connectivity index (χ1v) is 9.81. The molecular formula is C19H22Cl2N4O3. The van der Waals surface area contributed by atoms with Crippen molar-refractivity contribution in [2.75, 3.05) is 32.8 Å². The van der Waals surface area contributed by atoms with Gasteiger partial charge in [0.15, 0.2) is 5.69 Å². The van der Waals surface area contributed by atoms with E-state index in [-0.39, 0.29) is 23.9 Å². The Labute approximate surface area is 173 Å². The quantitative estimate of drug-likeness (QED) is 0.690. The van der Waals surface area contributed by atoms with Crippen molar-refractivity contribution in [1.29, 1.82) is 0 Å². The van der Waals surface area contributed by atoms with Gasteiger partial charge in [-0.15, -0.1) is 0 Å². The molecule has 2 heterocycles. The van der Waals surface area contributed by atoms with Crippen LogP contribution in [0, 0.1) is 0 Å². The lowest BCUT2D eigenvalue weighted by atomic mass is 10.2. The van der Waals surface area contributed by atoms with E-state index < -0.39 is 5.97 Å². The Kier molecular flexibility index (Phi) is 6.59. The average Bonchev–Trinajstić information content (AvgIpc) is 3.07. The van der Waals surface area contributed by atoms with Crippen LogP contribution in [0.25, 0.3) is 0 Å². The third-order valence-corrected chi connectivity index (χ3v) is 5.37. The zero-order valence-corrected chi connectivity index (χ0v) is 17.3. The molecule has 0 N–H and O–H groups in total. The van der Waals surface area contributed by atoms with E-state index in [9.17, 15) is 9.59 Å². The van der Waals surface area contributed by atoms with E-state index in [4.69, 9.17) is 27.9 Å². The van der Waals surface area contributed by atoms with Crippen molar-refractivity contribution in [1.82, 2.24) is 19.6 Å². The van der Waals surface area contributed by atoms with E-state index in [2.05, 4.69) is 10.00 Å². The molecule has 2 aromatic rings. The van der Waals surface area contributed by atoms with Crippen LogP contribution in [-0.4, -0.2) is 64.2 Å². The van der Waals surface area contributed by atoms with Gasteiger partial charge in [0.2, 0.25) is 0 Å². The Bertz CT molecular complexity index is 876. The highest BCUT2D eigenvalue weighted by atomic mass is 35.5. The fourth-order valence-corrected chi connectivity index (χ4v) is 3.46. The molecule has 1 saturated heterocycles. The lowest BCUT2D eigenvalue weighted by molar-refractivity contribution is 0.0513. The van der Waals surface area contributed by atoms with Crippen LogP contribution in [0.5, 0.6) is 0 Å². The van der Waals surface area contributed by atoms with E-state index in [1.165, 1.54) is 10.7 Å². The zero-order valence-electron chi connectivity index (χ0n) is 15.8. The van der Waals surface area contributed by atoms with E-state index in [1.54, 1.807) is 24.9 Å². The number of ether oxygens (including phenoxy) is 1. The number of nitrogens with zero attached hydrogens (tertiary/aromatic N) is 4. The monoisotopic (exact) mass is 424 g/mol. The minimum Gasteiger partial charge on any atom is -0.461 e. The van der Waals surface area contributed by atoms with E-state index in [1.807, 2.05) is 12.1 Å². The summed E-state index contributed by atoms with van der Waals surface area (Å²) in [6.45, 7) is 5.41. The van der Waals surface area contributed by atoms with E-state index in [0.29, 0.717) is 23.1 Å². The molecule has 1 aromatic carbocycles. The second kappa shape index (κ2) is 8.94. The molecule has 0 unspecified atom stereocenters. The Morgan fingerprint density at radius 3 is 2.46 bits per heavy atom. The van der Waals surface area contributed by atoms with Crippen LogP contribution >= 0.6 is 23.2 Å². The predicted molar refractivity (Wildman–Crippen MR) is 107 cm³/mol. The van der Waals surface area contributed by atoms with E-state index >= 15 is 0 Å². The summed E-state index contributed by atoms with van der Waals surface area (Å²) >= 11 is 12.0. The lowest BCUT2D eigenvalue weighted by Gasteiger charge is -2.34. The first-order valence-electron chi connectivity index (χ1n) is 9.05. The molecule has 0 aliphatic carbocycles. The largest absolute Gasteiger partial charge is 0.461 e. The molecule has 150 valence electrons. The van der Waals surface area contributed by atoms with Crippen LogP contribution in [0.15, 0.2) is 24.3 Å².